The van der Waals surface area contributed by atoms with Crippen molar-refractivity contribution in [2.75, 3.05) is 18.4 Å². The van der Waals surface area contributed by atoms with Gasteiger partial charge in [-0.05, 0) is 67.8 Å². The van der Waals surface area contributed by atoms with Crippen molar-refractivity contribution in [3.8, 4) is 0 Å². The zero-order chi connectivity index (χ0) is 12.4. The zero-order valence-electron chi connectivity index (χ0n) is 10.7. The van der Waals surface area contributed by atoms with E-state index in [1.807, 2.05) is 6.07 Å². The lowest BCUT2D eigenvalue weighted by molar-refractivity contribution is -0.115. The first-order chi connectivity index (χ1) is 8.81. The van der Waals surface area contributed by atoms with Gasteiger partial charge in [0, 0.05) is 5.69 Å². The highest BCUT2D eigenvalue weighted by atomic mass is 16.1. The average molecular weight is 244 g/mol. The van der Waals surface area contributed by atoms with E-state index < -0.39 is 0 Å². The number of carbonyl (C=O) groups excluding carboxylic acids is 1. The van der Waals surface area contributed by atoms with Gasteiger partial charge in [0.05, 0.1) is 6.54 Å². The minimum atomic E-state index is 0.0635. The summed E-state index contributed by atoms with van der Waals surface area (Å²) in [5.74, 6) is 0.881. The first-order valence-electron chi connectivity index (χ1n) is 6.93. The highest BCUT2D eigenvalue weighted by Gasteiger charge is 2.20. The number of rotatable bonds is 5. The molecule has 0 aromatic heterocycles. The predicted molar refractivity (Wildman–Crippen MR) is 72.7 cm³/mol. The fourth-order valence-corrected chi connectivity index (χ4v) is 2.57. The number of nitrogens with one attached hydrogen (secondary N) is 2. The molecule has 18 heavy (non-hydrogen) atoms. The Kier molecular flexibility index (Phi) is 3.33. The lowest BCUT2D eigenvalue weighted by Gasteiger charge is -2.08. The Morgan fingerprint density at radius 1 is 1.22 bits per heavy atom. The Balaban J connectivity index is 1.50. The molecule has 3 rings (SSSR count). The molecule has 1 aromatic rings. The van der Waals surface area contributed by atoms with E-state index >= 15 is 0 Å². The summed E-state index contributed by atoms with van der Waals surface area (Å²) in [6.07, 6.45) is 6.22. The number of hydrogen-bond donors (Lipinski definition) is 2. The van der Waals surface area contributed by atoms with Crippen LogP contribution in [0.15, 0.2) is 18.2 Å². The van der Waals surface area contributed by atoms with Gasteiger partial charge in [-0.2, -0.15) is 0 Å². The molecule has 1 saturated carbocycles. The summed E-state index contributed by atoms with van der Waals surface area (Å²) in [6.45, 7) is 1.41. The molecule has 2 N–H and O–H groups in total. The molecule has 1 fully saturated rings. The molecule has 3 nitrogen and oxygen atoms in total. The van der Waals surface area contributed by atoms with Gasteiger partial charge in [0.2, 0.25) is 5.91 Å². The monoisotopic (exact) mass is 244 g/mol. The van der Waals surface area contributed by atoms with E-state index in [-0.39, 0.29) is 5.91 Å². The molecule has 0 unspecified atom stereocenters. The standard InChI is InChI=1S/C15H20N2O/c18-15(10-16-9-11-4-5-11)17-14-7-6-12-2-1-3-13(12)8-14/h6-8,11,16H,1-5,9-10H2,(H,17,18). The van der Waals surface area contributed by atoms with Crippen molar-refractivity contribution in [2.24, 2.45) is 5.92 Å². The quantitative estimate of drug-likeness (QED) is 0.833. The van der Waals surface area contributed by atoms with E-state index in [1.54, 1.807) is 0 Å². The number of benzene rings is 1. The zero-order valence-corrected chi connectivity index (χ0v) is 10.7. The Morgan fingerprint density at radius 2 is 2.06 bits per heavy atom. The van der Waals surface area contributed by atoms with Gasteiger partial charge in [0.15, 0.2) is 0 Å². The number of hydrogen-bond acceptors (Lipinski definition) is 2. The largest absolute Gasteiger partial charge is 0.325 e. The predicted octanol–water partition coefficient (Wildman–Crippen LogP) is 2.11. The Morgan fingerprint density at radius 3 is 2.89 bits per heavy atom. The Hall–Kier alpha value is -1.35. The van der Waals surface area contributed by atoms with Crippen LogP contribution in [0.1, 0.15) is 30.4 Å². The molecular weight excluding hydrogens is 224 g/mol. The maximum Gasteiger partial charge on any atom is 0.238 e. The smallest absolute Gasteiger partial charge is 0.238 e. The van der Waals surface area contributed by atoms with Crippen LogP contribution in [-0.2, 0) is 17.6 Å². The van der Waals surface area contributed by atoms with Gasteiger partial charge in [-0.1, -0.05) is 6.07 Å². The highest BCUT2D eigenvalue weighted by molar-refractivity contribution is 5.92. The molecule has 0 atom stereocenters. The second-order valence-corrected chi connectivity index (χ2v) is 5.46. The minimum absolute atomic E-state index is 0.0635. The summed E-state index contributed by atoms with van der Waals surface area (Å²) in [4.78, 5) is 11.7. The first-order valence-corrected chi connectivity index (χ1v) is 6.93. The van der Waals surface area contributed by atoms with Crippen molar-refractivity contribution in [3.63, 3.8) is 0 Å². The van der Waals surface area contributed by atoms with Crippen LogP contribution in [0, 0.1) is 5.92 Å². The summed E-state index contributed by atoms with van der Waals surface area (Å²) in [6, 6.07) is 6.29. The van der Waals surface area contributed by atoms with Crippen LogP contribution in [0.4, 0.5) is 5.69 Å². The van der Waals surface area contributed by atoms with Gasteiger partial charge >= 0.3 is 0 Å². The molecule has 3 heteroatoms. The van der Waals surface area contributed by atoms with Gasteiger partial charge < -0.3 is 10.6 Å². The van der Waals surface area contributed by atoms with Gasteiger partial charge in [0.25, 0.3) is 0 Å². The lowest BCUT2D eigenvalue weighted by atomic mass is 10.1. The molecule has 1 aromatic carbocycles. The molecule has 0 spiro atoms. The van der Waals surface area contributed by atoms with E-state index in [0.717, 1.165) is 24.6 Å². The second kappa shape index (κ2) is 5.11. The van der Waals surface area contributed by atoms with E-state index in [4.69, 9.17) is 0 Å². The van der Waals surface area contributed by atoms with Crippen molar-refractivity contribution in [2.45, 2.75) is 32.1 Å². The van der Waals surface area contributed by atoms with Gasteiger partial charge in [0.1, 0.15) is 0 Å². The number of fused-ring (bicyclic) bond motifs is 1. The number of amides is 1. The van der Waals surface area contributed by atoms with Crippen molar-refractivity contribution < 1.29 is 4.79 Å². The molecule has 0 aliphatic heterocycles. The third-order valence-corrected chi connectivity index (χ3v) is 3.80. The Labute approximate surface area is 108 Å². The van der Waals surface area contributed by atoms with Crippen molar-refractivity contribution in [1.82, 2.24) is 5.32 Å². The molecule has 2 aliphatic carbocycles. The van der Waals surface area contributed by atoms with Crippen LogP contribution in [0.2, 0.25) is 0 Å². The van der Waals surface area contributed by atoms with E-state index in [2.05, 4.69) is 22.8 Å². The van der Waals surface area contributed by atoms with Crippen molar-refractivity contribution in [3.05, 3.63) is 29.3 Å². The third kappa shape index (κ3) is 2.91. The highest BCUT2D eigenvalue weighted by Crippen LogP contribution is 2.27. The summed E-state index contributed by atoms with van der Waals surface area (Å²) in [5, 5.41) is 6.17. The molecule has 0 heterocycles. The van der Waals surface area contributed by atoms with Gasteiger partial charge in [-0.25, -0.2) is 0 Å². The van der Waals surface area contributed by atoms with Crippen LogP contribution in [-0.4, -0.2) is 19.0 Å². The van der Waals surface area contributed by atoms with E-state index in [0.29, 0.717) is 6.54 Å². The molecule has 96 valence electrons. The second-order valence-electron chi connectivity index (χ2n) is 5.46. The molecule has 0 saturated heterocycles. The summed E-state index contributed by atoms with van der Waals surface area (Å²) >= 11 is 0. The lowest BCUT2D eigenvalue weighted by Crippen LogP contribution is -2.29. The van der Waals surface area contributed by atoms with Crippen molar-refractivity contribution >= 4 is 11.6 Å². The molecule has 0 bridgehead atoms. The van der Waals surface area contributed by atoms with Crippen LogP contribution in [0.25, 0.3) is 0 Å². The molecule has 0 radical (unpaired) electrons. The molecule has 2 aliphatic rings. The van der Waals surface area contributed by atoms with Crippen LogP contribution >= 0.6 is 0 Å². The normalized spacial score (nSPS) is 17.6. The first kappa shape index (κ1) is 11.7. The number of anilines is 1. The molecular formula is C15H20N2O. The van der Waals surface area contributed by atoms with Crippen LogP contribution in [0.3, 0.4) is 0 Å². The summed E-state index contributed by atoms with van der Waals surface area (Å²) in [7, 11) is 0. The Bertz CT molecular complexity index is 452. The van der Waals surface area contributed by atoms with Gasteiger partial charge in [-0.15, -0.1) is 0 Å². The minimum Gasteiger partial charge on any atom is -0.325 e. The van der Waals surface area contributed by atoms with Crippen molar-refractivity contribution in [1.29, 1.82) is 0 Å². The average Bonchev–Trinajstić information content (AvgIpc) is 3.06. The molecule has 1 amide bonds. The topological polar surface area (TPSA) is 41.1 Å². The fraction of sp³-hybridized carbons (Fsp3) is 0.533. The van der Waals surface area contributed by atoms with Crippen LogP contribution in [0.5, 0.6) is 0 Å². The maximum atomic E-state index is 11.7. The number of carbonyl (C=O) groups is 1. The maximum absolute atomic E-state index is 11.7. The third-order valence-electron chi connectivity index (χ3n) is 3.80. The SMILES string of the molecule is O=C(CNCC1CC1)Nc1ccc2c(c1)CCC2. The number of aryl methyl sites for hydroxylation is 2. The summed E-state index contributed by atoms with van der Waals surface area (Å²) in [5.41, 5.74) is 3.78. The van der Waals surface area contributed by atoms with Gasteiger partial charge in [-0.3, -0.25) is 4.79 Å². The fourth-order valence-electron chi connectivity index (χ4n) is 2.57. The van der Waals surface area contributed by atoms with Crippen LogP contribution < -0.4 is 10.6 Å². The van der Waals surface area contributed by atoms with E-state index in [9.17, 15) is 4.79 Å². The summed E-state index contributed by atoms with van der Waals surface area (Å²) < 4.78 is 0. The van der Waals surface area contributed by atoms with E-state index in [1.165, 1.54) is 36.8 Å².